The highest BCUT2D eigenvalue weighted by Gasteiger charge is 2.20. The Bertz CT molecular complexity index is 2660. The van der Waals surface area contributed by atoms with Crippen molar-refractivity contribution in [2.45, 2.75) is 13.8 Å². The third-order valence-electron chi connectivity index (χ3n) is 9.51. The Hall–Kier alpha value is -5.78. The number of nitrogens with zero attached hydrogens (tertiary/aromatic N) is 8. The second-order valence-electron chi connectivity index (χ2n) is 13.0. The Labute approximate surface area is 338 Å². The van der Waals surface area contributed by atoms with Gasteiger partial charge in [-0.2, -0.15) is 0 Å². The van der Waals surface area contributed by atoms with Gasteiger partial charge in [-0.15, -0.1) is 0 Å². The summed E-state index contributed by atoms with van der Waals surface area (Å²) >= 11 is 19.3. The lowest BCUT2D eigenvalue weighted by atomic mass is 10.0. The minimum atomic E-state index is 0.582. The number of morpholine rings is 1. The molecule has 0 spiro atoms. The van der Waals surface area contributed by atoms with Crippen LogP contribution in [0.3, 0.4) is 0 Å². The Kier molecular flexibility index (Phi) is 11.0. The number of nitrogens with one attached hydrogen (secondary N) is 1. The lowest BCUT2D eigenvalue weighted by Gasteiger charge is -2.28. The molecular formula is C43H34Cl3N9O. The summed E-state index contributed by atoms with van der Waals surface area (Å²) < 4.78 is 5.54. The Morgan fingerprint density at radius 2 is 1.27 bits per heavy atom. The first-order valence-corrected chi connectivity index (χ1v) is 19.0. The van der Waals surface area contributed by atoms with E-state index < -0.39 is 0 Å². The zero-order chi connectivity index (χ0) is 38.6. The number of hydrogen-bond acceptors (Lipinski definition) is 10. The highest BCUT2D eigenvalue weighted by Crippen LogP contribution is 2.40. The number of fused-ring (bicyclic) bond motifs is 2. The molecule has 13 heteroatoms. The Morgan fingerprint density at radius 3 is 1.89 bits per heavy atom. The second-order valence-corrected chi connectivity index (χ2v) is 14.2. The van der Waals surface area contributed by atoms with Crippen molar-refractivity contribution in [3.05, 3.63) is 142 Å². The van der Waals surface area contributed by atoms with Crippen LogP contribution in [0, 0.1) is 13.8 Å². The Balaban J connectivity index is 0.000000194. The van der Waals surface area contributed by atoms with E-state index >= 15 is 0 Å². The number of rotatable bonds is 6. The first kappa shape index (κ1) is 37.2. The van der Waals surface area contributed by atoms with Crippen LogP contribution in [0.1, 0.15) is 11.1 Å². The molecule has 0 saturated carbocycles. The quantitative estimate of drug-likeness (QED) is 0.174. The largest absolute Gasteiger partial charge is 0.378 e. The van der Waals surface area contributed by atoms with E-state index in [4.69, 9.17) is 49.5 Å². The van der Waals surface area contributed by atoms with Gasteiger partial charge in [0.05, 0.1) is 73.5 Å². The summed E-state index contributed by atoms with van der Waals surface area (Å²) in [6.45, 7) is 6.93. The third kappa shape index (κ3) is 7.56. The van der Waals surface area contributed by atoms with Crippen LogP contribution in [0.2, 0.25) is 15.1 Å². The fourth-order valence-corrected chi connectivity index (χ4v) is 7.31. The summed E-state index contributed by atoms with van der Waals surface area (Å²) in [6.07, 6.45) is 10.5. The number of halogens is 3. The van der Waals surface area contributed by atoms with Crippen molar-refractivity contribution < 1.29 is 4.74 Å². The molecule has 0 unspecified atom stereocenters. The zero-order valence-corrected chi connectivity index (χ0v) is 32.7. The third-order valence-corrected chi connectivity index (χ3v) is 10.6. The molecule has 0 amide bonds. The smallest absolute Gasteiger partial charge is 0.130 e. The summed E-state index contributed by atoms with van der Waals surface area (Å²) in [6, 6.07) is 25.0. The lowest BCUT2D eigenvalue weighted by molar-refractivity contribution is 0.122. The van der Waals surface area contributed by atoms with Crippen molar-refractivity contribution >= 4 is 73.8 Å². The number of ether oxygens (including phenoxy) is 1. The van der Waals surface area contributed by atoms with Crippen molar-refractivity contribution in [2.24, 2.45) is 0 Å². The molecule has 6 aromatic heterocycles. The Morgan fingerprint density at radius 1 is 0.661 bits per heavy atom. The number of benzene rings is 2. The summed E-state index contributed by atoms with van der Waals surface area (Å²) in [5.41, 5.74) is 9.97. The molecule has 10 nitrogen and oxygen atoms in total. The standard InChI is InChI=1S/C28H24ClN7O.C15H10Cl2N2/c1-18-26(20-5-4-6-22(29)28(20)35-27(18)23-7-2-3-8-32-23)34-24-13-25(36-9-11-37-12-10-36)33-16-21(24)19-14-30-17-31-15-19;1-9-13(17)10-5-4-6-11(16)15(10)19-14(9)12-7-2-3-8-18-12/h2-8,13-17H,9-12H2,1H3,(H,33,34,35);2-8H,1H3. The van der Waals surface area contributed by atoms with Gasteiger partial charge in [0.15, 0.2) is 0 Å². The maximum absolute atomic E-state index is 6.64. The molecule has 2 aromatic carbocycles. The van der Waals surface area contributed by atoms with Crippen LogP contribution in [-0.4, -0.2) is 61.2 Å². The summed E-state index contributed by atoms with van der Waals surface area (Å²) in [5.74, 6) is 0.880. The molecule has 1 aliphatic rings. The molecule has 0 radical (unpaired) electrons. The number of anilines is 3. The van der Waals surface area contributed by atoms with E-state index in [1.165, 1.54) is 6.33 Å². The van der Waals surface area contributed by atoms with E-state index in [1.807, 2.05) is 85.9 Å². The van der Waals surface area contributed by atoms with Gasteiger partial charge in [0, 0.05) is 77.6 Å². The highest BCUT2D eigenvalue weighted by molar-refractivity contribution is 6.40. The summed E-state index contributed by atoms with van der Waals surface area (Å²) in [5, 5.41) is 7.36. The van der Waals surface area contributed by atoms with Crippen LogP contribution in [0.25, 0.3) is 55.7 Å². The first-order valence-electron chi connectivity index (χ1n) is 17.9. The van der Waals surface area contributed by atoms with Gasteiger partial charge in [-0.3, -0.25) is 9.97 Å². The average Bonchev–Trinajstić information content (AvgIpc) is 3.25. The van der Waals surface area contributed by atoms with Crippen molar-refractivity contribution in [3.63, 3.8) is 0 Å². The van der Waals surface area contributed by atoms with Gasteiger partial charge in [0.25, 0.3) is 0 Å². The van der Waals surface area contributed by atoms with Crippen LogP contribution in [0.5, 0.6) is 0 Å². The molecule has 7 heterocycles. The molecule has 1 aliphatic heterocycles. The SMILES string of the molecule is Cc1c(-c2ccccn2)nc2c(Cl)cccc2c1Cl.Cc1c(-c2ccccn2)nc2c(Cl)cccc2c1Nc1cc(N2CCOCC2)ncc1-c1cncnc1. The minimum absolute atomic E-state index is 0.582. The minimum Gasteiger partial charge on any atom is -0.378 e. The molecule has 56 heavy (non-hydrogen) atoms. The van der Waals surface area contributed by atoms with Crippen LogP contribution in [0.15, 0.2) is 116 Å². The van der Waals surface area contributed by atoms with Gasteiger partial charge in [-0.05, 0) is 55.8 Å². The first-order chi connectivity index (χ1) is 27.4. The molecule has 0 atom stereocenters. The van der Waals surface area contributed by atoms with Gasteiger partial charge >= 0.3 is 0 Å². The van der Waals surface area contributed by atoms with E-state index in [0.717, 1.165) is 86.1 Å². The van der Waals surface area contributed by atoms with Gasteiger partial charge in [-0.25, -0.2) is 24.9 Å². The van der Waals surface area contributed by atoms with E-state index in [0.29, 0.717) is 39.3 Å². The van der Waals surface area contributed by atoms with Gasteiger partial charge in [0.1, 0.15) is 12.1 Å². The number of aromatic nitrogens is 7. The van der Waals surface area contributed by atoms with Crippen LogP contribution < -0.4 is 10.2 Å². The van der Waals surface area contributed by atoms with Crippen LogP contribution >= 0.6 is 34.8 Å². The monoisotopic (exact) mass is 797 g/mol. The highest BCUT2D eigenvalue weighted by atomic mass is 35.5. The molecule has 0 aliphatic carbocycles. The summed E-state index contributed by atoms with van der Waals surface area (Å²) in [4.78, 5) is 33.9. The van der Waals surface area contributed by atoms with E-state index in [9.17, 15) is 0 Å². The number of pyridine rings is 5. The summed E-state index contributed by atoms with van der Waals surface area (Å²) in [7, 11) is 0. The van der Waals surface area contributed by atoms with E-state index in [2.05, 4.69) is 48.1 Å². The number of para-hydroxylation sites is 2. The van der Waals surface area contributed by atoms with Crippen LogP contribution in [-0.2, 0) is 4.74 Å². The van der Waals surface area contributed by atoms with E-state index in [1.54, 1.807) is 24.8 Å². The lowest BCUT2D eigenvalue weighted by Crippen LogP contribution is -2.36. The fourth-order valence-electron chi connectivity index (χ4n) is 6.64. The second kappa shape index (κ2) is 16.5. The molecular weight excluding hydrogens is 765 g/mol. The van der Waals surface area contributed by atoms with Crippen LogP contribution in [0.4, 0.5) is 17.2 Å². The van der Waals surface area contributed by atoms with Crippen molar-refractivity contribution in [1.82, 2.24) is 34.9 Å². The fraction of sp³-hybridized carbons (Fsp3) is 0.140. The molecule has 8 aromatic rings. The zero-order valence-electron chi connectivity index (χ0n) is 30.4. The van der Waals surface area contributed by atoms with Gasteiger partial charge in [0.2, 0.25) is 0 Å². The maximum Gasteiger partial charge on any atom is 0.130 e. The van der Waals surface area contributed by atoms with Crippen molar-refractivity contribution in [1.29, 1.82) is 0 Å². The van der Waals surface area contributed by atoms with E-state index in [-0.39, 0.29) is 0 Å². The van der Waals surface area contributed by atoms with Crippen molar-refractivity contribution in [2.75, 3.05) is 36.5 Å². The predicted molar refractivity (Wildman–Crippen MR) is 226 cm³/mol. The van der Waals surface area contributed by atoms with Gasteiger partial charge in [-0.1, -0.05) is 71.2 Å². The molecule has 1 saturated heterocycles. The predicted octanol–water partition coefficient (Wildman–Crippen LogP) is 10.6. The van der Waals surface area contributed by atoms with Gasteiger partial charge < -0.3 is 15.0 Å². The molecule has 1 N–H and O–H groups in total. The average molecular weight is 799 g/mol. The molecule has 278 valence electrons. The topological polar surface area (TPSA) is 115 Å². The number of hydrogen-bond donors (Lipinski definition) is 1. The maximum atomic E-state index is 6.64. The molecule has 9 rings (SSSR count). The normalized spacial score (nSPS) is 12.7. The van der Waals surface area contributed by atoms with Crippen molar-refractivity contribution in [3.8, 4) is 33.9 Å². The molecule has 0 bridgehead atoms. The molecule has 1 fully saturated rings.